The van der Waals surface area contributed by atoms with Crippen molar-refractivity contribution in [3.63, 3.8) is 0 Å². The van der Waals surface area contributed by atoms with Crippen LogP contribution in [0.2, 0.25) is 0 Å². The van der Waals surface area contributed by atoms with E-state index in [9.17, 15) is 9.59 Å². The summed E-state index contributed by atoms with van der Waals surface area (Å²) in [5, 5.41) is 4.82. The van der Waals surface area contributed by atoms with E-state index < -0.39 is 0 Å². The van der Waals surface area contributed by atoms with Gasteiger partial charge in [-0.25, -0.2) is 9.50 Å². The molecule has 0 saturated carbocycles. The third kappa shape index (κ3) is 4.54. The van der Waals surface area contributed by atoms with Gasteiger partial charge in [0, 0.05) is 30.3 Å². The predicted molar refractivity (Wildman–Crippen MR) is 136 cm³/mol. The first kappa shape index (κ1) is 23.5. The van der Waals surface area contributed by atoms with Gasteiger partial charge in [0.1, 0.15) is 11.4 Å². The van der Waals surface area contributed by atoms with Gasteiger partial charge in [-0.05, 0) is 38.0 Å². The maximum Gasteiger partial charge on any atom is 0.309 e. The van der Waals surface area contributed by atoms with Crippen molar-refractivity contribution >= 4 is 17.5 Å². The largest absolute Gasteiger partial charge is 0.496 e. The van der Waals surface area contributed by atoms with E-state index >= 15 is 0 Å². The highest BCUT2D eigenvalue weighted by atomic mass is 16.5. The Balaban J connectivity index is 1.54. The number of fused-ring (bicyclic) bond motifs is 1. The molecule has 0 spiro atoms. The molecule has 8 nitrogen and oxygen atoms in total. The standard InChI is InChI=1S/C28H28N4O4/c1-3-36-28(34)20-13-15-31(16-14-20)27(33)23-17-24(21-11-7-8-12-25(21)35-2)32-26(29-23)18-22(30-32)19-9-5-4-6-10-19/h4-12,17-18,20H,3,13-16H2,1-2H3. The molecule has 1 saturated heterocycles. The van der Waals surface area contributed by atoms with Crippen LogP contribution >= 0.6 is 0 Å². The molecule has 184 valence electrons. The lowest BCUT2D eigenvalue weighted by atomic mass is 9.96. The molecule has 2 aromatic carbocycles. The molecule has 0 aliphatic carbocycles. The van der Waals surface area contributed by atoms with Gasteiger partial charge in [-0.2, -0.15) is 5.10 Å². The second-order valence-electron chi connectivity index (χ2n) is 8.71. The average molecular weight is 485 g/mol. The van der Waals surface area contributed by atoms with Gasteiger partial charge >= 0.3 is 5.97 Å². The lowest BCUT2D eigenvalue weighted by Gasteiger charge is -2.30. The molecule has 36 heavy (non-hydrogen) atoms. The van der Waals surface area contributed by atoms with E-state index in [-0.39, 0.29) is 17.8 Å². The molecule has 0 bridgehead atoms. The number of amides is 1. The molecule has 3 heterocycles. The number of carbonyl (C=O) groups is 2. The Labute approximate surface area is 209 Å². The van der Waals surface area contributed by atoms with Crippen molar-refractivity contribution in [2.45, 2.75) is 19.8 Å². The van der Waals surface area contributed by atoms with Crippen LogP contribution < -0.4 is 4.74 Å². The molecule has 0 unspecified atom stereocenters. The van der Waals surface area contributed by atoms with Gasteiger partial charge in [0.05, 0.1) is 31.0 Å². The summed E-state index contributed by atoms with van der Waals surface area (Å²) in [4.78, 5) is 32.1. The van der Waals surface area contributed by atoms with E-state index in [4.69, 9.17) is 19.6 Å². The predicted octanol–water partition coefficient (Wildman–Crippen LogP) is 4.49. The number of carbonyl (C=O) groups excluding carboxylic acids is 2. The Morgan fingerprint density at radius 1 is 1.00 bits per heavy atom. The van der Waals surface area contributed by atoms with Crippen molar-refractivity contribution in [2.75, 3.05) is 26.8 Å². The van der Waals surface area contributed by atoms with Crippen LogP contribution in [-0.4, -0.2) is 58.2 Å². The summed E-state index contributed by atoms with van der Waals surface area (Å²) in [6, 6.07) is 21.2. The zero-order valence-corrected chi connectivity index (χ0v) is 20.4. The van der Waals surface area contributed by atoms with E-state index in [1.807, 2.05) is 60.7 Å². The number of para-hydroxylation sites is 1. The molecule has 4 aromatic rings. The third-order valence-electron chi connectivity index (χ3n) is 6.50. The molecule has 1 aliphatic heterocycles. The van der Waals surface area contributed by atoms with E-state index in [2.05, 4.69) is 0 Å². The Morgan fingerprint density at radius 3 is 2.44 bits per heavy atom. The van der Waals surface area contributed by atoms with Gasteiger partial charge in [0.25, 0.3) is 5.91 Å². The van der Waals surface area contributed by atoms with Crippen molar-refractivity contribution in [1.82, 2.24) is 19.5 Å². The fraction of sp³-hybridized carbons (Fsp3) is 0.286. The molecular weight excluding hydrogens is 456 g/mol. The third-order valence-corrected chi connectivity index (χ3v) is 6.50. The zero-order valence-electron chi connectivity index (χ0n) is 20.4. The number of likely N-dealkylation sites (tertiary alicyclic amines) is 1. The summed E-state index contributed by atoms with van der Waals surface area (Å²) in [6.07, 6.45) is 1.16. The Kier molecular flexibility index (Phi) is 6.66. The fourth-order valence-electron chi connectivity index (χ4n) is 4.62. The molecule has 1 fully saturated rings. The van der Waals surface area contributed by atoms with Gasteiger partial charge < -0.3 is 14.4 Å². The lowest BCUT2D eigenvalue weighted by molar-refractivity contribution is -0.149. The smallest absolute Gasteiger partial charge is 0.309 e. The van der Waals surface area contributed by atoms with Gasteiger partial charge in [0.15, 0.2) is 5.65 Å². The number of aromatic nitrogens is 3. The maximum atomic E-state index is 13.5. The molecule has 0 radical (unpaired) electrons. The van der Waals surface area contributed by atoms with Crippen molar-refractivity contribution in [1.29, 1.82) is 0 Å². The van der Waals surface area contributed by atoms with Crippen molar-refractivity contribution < 1.29 is 19.1 Å². The molecule has 1 aliphatic rings. The Hall–Kier alpha value is -4.20. The molecule has 0 atom stereocenters. The summed E-state index contributed by atoms with van der Waals surface area (Å²) >= 11 is 0. The van der Waals surface area contributed by atoms with Crippen LogP contribution in [0.1, 0.15) is 30.3 Å². The number of rotatable bonds is 6. The summed E-state index contributed by atoms with van der Waals surface area (Å²) < 4.78 is 12.5. The highest BCUT2D eigenvalue weighted by molar-refractivity contribution is 5.94. The summed E-state index contributed by atoms with van der Waals surface area (Å²) in [7, 11) is 1.62. The zero-order chi connectivity index (χ0) is 25.1. The minimum atomic E-state index is -0.185. The molecule has 0 N–H and O–H groups in total. The van der Waals surface area contributed by atoms with E-state index in [1.165, 1.54) is 0 Å². The van der Waals surface area contributed by atoms with Crippen molar-refractivity contribution in [2.24, 2.45) is 5.92 Å². The second-order valence-corrected chi connectivity index (χ2v) is 8.71. The lowest BCUT2D eigenvalue weighted by Crippen LogP contribution is -2.41. The number of piperidine rings is 1. The number of ether oxygens (including phenoxy) is 2. The van der Waals surface area contributed by atoms with Crippen LogP contribution in [0.3, 0.4) is 0 Å². The minimum Gasteiger partial charge on any atom is -0.496 e. The highest BCUT2D eigenvalue weighted by Crippen LogP contribution is 2.32. The van der Waals surface area contributed by atoms with E-state index in [0.29, 0.717) is 55.3 Å². The Morgan fingerprint density at radius 2 is 1.72 bits per heavy atom. The average Bonchev–Trinajstić information content (AvgIpc) is 3.37. The first-order chi connectivity index (χ1) is 17.6. The van der Waals surface area contributed by atoms with E-state index in [0.717, 1.165) is 16.8 Å². The van der Waals surface area contributed by atoms with Crippen LogP contribution in [0.25, 0.3) is 28.2 Å². The fourth-order valence-corrected chi connectivity index (χ4v) is 4.62. The van der Waals surface area contributed by atoms with Gasteiger partial charge in [0.2, 0.25) is 0 Å². The summed E-state index contributed by atoms with van der Waals surface area (Å²) in [6.45, 7) is 3.13. The monoisotopic (exact) mass is 484 g/mol. The number of methoxy groups -OCH3 is 1. The molecular formula is C28H28N4O4. The van der Waals surface area contributed by atoms with Crippen molar-refractivity contribution in [3.05, 3.63) is 72.4 Å². The number of hydrogen-bond donors (Lipinski definition) is 0. The van der Waals surface area contributed by atoms with Crippen molar-refractivity contribution in [3.8, 4) is 28.3 Å². The number of esters is 1. The van der Waals surface area contributed by atoms with Crippen LogP contribution in [-0.2, 0) is 9.53 Å². The van der Waals surface area contributed by atoms with Gasteiger partial charge in [-0.3, -0.25) is 9.59 Å². The first-order valence-corrected chi connectivity index (χ1v) is 12.1. The Bertz CT molecular complexity index is 1390. The minimum absolute atomic E-state index is 0.168. The molecule has 8 heteroatoms. The van der Waals surface area contributed by atoms with Gasteiger partial charge in [-0.15, -0.1) is 0 Å². The van der Waals surface area contributed by atoms with E-state index in [1.54, 1.807) is 29.5 Å². The second kappa shape index (κ2) is 10.2. The summed E-state index contributed by atoms with van der Waals surface area (Å²) in [5.74, 6) is 0.154. The van der Waals surface area contributed by atoms with Gasteiger partial charge in [-0.1, -0.05) is 42.5 Å². The molecule has 2 aromatic heterocycles. The number of nitrogens with zero attached hydrogens (tertiary/aromatic N) is 4. The highest BCUT2D eigenvalue weighted by Gasteiger charge is 2.30. The molecule has 1 amide bonds. The summed E-state index contributed by atoms with van der Waals surface area (Å²) in [5.41, 5.74) is 4.15. The van der Waals surface area contributed by atoms with Crippen LogP contribution in [0.5, 0.6) is 5.75 Å². The quantitative estimate of drug-likeness (QED) is 0.375. The normalized spacial score (nSPS) is 14.1. The molecule has 5 rings (SSSR count). The SMILES string of the molecule is CCOC(=O)C1CCN(C(=O)c2cc(-c3ccccc3OC)n3nc(-c4ccccc4)cc3n2)CC1. The van der Waals surface area contributed by atoms with Crippen LogP contribution in [0.15, 0.2) is 66.7 Å². The first-order valence-electron chi connectivity index (χ1n) is 12.1. The maximum absolute atomic E-state index is 13.5. The van der Waals surface area contributed by atoms with Crippen LogP contribution in [0.4, 0.5) is 0 Å². The van der Waals surface area contributed by atoms with Crippen LogP contribution in [0, 0.1) is 5.92 Å². The topological polar surface area (TPSA) is 86.0 Å². The number of hydrogen-bond acceptors (Lipinski definition) is 6. The number of benzene rings is 2.